The number of amides is 1. The maximum atomic E-state index is 11.7. The minimum Gasteiger partial charge on any atom is -0.350 e. The molecule has 1 aromatic heterocycles. The molecule has 0 aliphatic heterocycles. The predicted octanol–water partition coefficient (Wildman–Crippen LogP) is 0.440. The van der Waals surface area contributed by atoms with Gasteiger partial charge < -0.3 is 10.6 Å². The van der Waals surface area contributed by atoms with E-state index in [1.807, 2.05) is 7.05 Å². The van der Waals surface area contributed by atoms with Gasteiger partial charge in [-0.3, -0.25) is 4.79 Å². The van der Waals surface area contributed by atoms with Crippen LogP contribution >= 0.6 is 11.5 Å². The number of carbonyl (C=O) groups excluding carboxylic acids is 1. The number of rotatable bonds is 6. The third-order valence-electron chi connectivity index (χ3n) is 1.91. The van der Waals surface area contributed by atoms with Crippen molar-refractivity contribution in [2.24, 2.45) is 0 Å². The highest BCUT2D eigenvalue weighted by Gasteiger charge is 2.14. The van der Waals surface area contributed by atoms with Crippen LogP contribution in [-0.4, -0.2) is 35.6 Å². The van der Waals surface area contributed by atoms with Crippen molar-refractivity contribution >= 4 is 17.4 Å². The summed E-state index contributed by atoms with van der Waals surface area (Å²) in [5, 5.41) is 9.73. The summed E-state index contributed by atoms with van der Waals surface area (Å²) in [6.45, 7) is 3.45. The van der Waals surface area contributed by atoms with Crippen LogP contribution in [0.2, 0.25) is 0 Å². The fourth-order valence-electron chi connectivity index (χ4n) is 1.16. The van der Waals surface area contributed by atoms with Gasteiger partial charge in [0.05, 0.1) is 5.69 Å². The summed E-state index contributed by atoms with van der Waals surface area (Å²) in [7, 11) is 1.85. The summed E-state index contributed by atoms with van der Waals surface area (Å²) >= 11 is 1.16. The summed E-state index contributed by atoms with van der Waals surface area (Å²) in [6.07, 6.45) is 1.79. The molecular formula is C9H16N4OS. The lowest BCUT2D eigenvalue weighted by atomic mass is 10.2. The lowest BCUT2D eigenvalue weighted by molar-refractivity contribution is 0.0957. The van der Waals surface area contributed by atoms with Crippen LogP contribution in [0.3, 0.4) is 0 Å². The van der Waals surface area contributed by atoms with Crippen LogP contribution in [-0.2, 0) is 6.42 Å². The quantitative estimate of drug-likeness (QED) is 0.693. The molecule has 0 aliphatic carbocycles. The topological polar surface area (TPSA) is 66.9 Å². The second kappa shape index (κ2) is 6.47. The van der Waals surface area contributed by atoms with Gasteiger partial charge in [-0.15, -0.1) is 5.10 Å². The number of aryl methyl sites for hydroxylation is 1. The first-order valence-corrected chi connectivity index (χ1v) is 5.81. The third-order valence-corrected chi connectivity index (χ3v) is 2.68. The van der Waals surface area contributed by atoms with Crippen molar-refractivity contribution in [2.75, 3.05) is 20.1 Å². The molecule has 0 saturated carbocycles. The van der Waals surface area contributed by atoms with Crippen LogP contribution in [0.15, 0.2) is 0 Å². The zero-order chi connectivity index (χ0) is 11.1. The first-order valence-electron chi connectivity index (χ1n) is 5.03. The van der Waals surface area contributed by atoms with Crippen molar-refractivity contribution in [1.29, 1.82) is 0 Å². The van der Waals surface area contributed by atoms with E-state index in [1.54, 1.807) is 0 Å². The Kier molecular flexibility index (Phi) is 5.20. The molecule has 15 heavy (non-hydrogen) atoms. The molecule has 0 radical (unpaired) electrons. The van der Waals surface area contributed by atoms with E-state index in [4.69, 9.17) is 0 Å². The molecule has 0 spiro atoms. The summed E-state index contributed by atoms with van der Waals surface area (Å²) in [6, 6.07) is 0. The Morgan fingerprint density at radius 1 is 1.47 bits per heavy atom. The van der Waals surface area contributed by atoms with E-state index in [0.717, 1.165) is 36.6 Å². The number of nitrogens with one attached hydrogen (secondary N) is 2. The average molecular weight is 228 g/mol. The molecule has 84 valence electrons. The summed E-state index contributed by atoms with van der Waals surface area (Å²) < 4.78 is 3.81. The number of likely N-dealkylation sites (N-methyl/N-ethyl adjacent to an activating group) is 1. The highest BCUT2D eigenvalue weighted by atomic mass is 32.1. The van der Waals surface area contributed by atoms with Gasteiger partial charge in [0.2, 0.25) is 0 Å². The summed E-state index contributed by atoms with van der Waals surface area (Å²) in [4.78, 5) is 12.3. The second-order valence-corrected chi connectivity index (χ2v) is 3.91. The molecule has 0 aromatic carbocycles. The Morgan fingerprint density at radius 3 is 2.93 bits per heavy atom. The van der Waals surface area contributed by atoms with Crippen LogP contribution in [0, 0.1) is 0 Å². The van der Waals surface area contributed by atoms with E-state index in [-0.39, 0.29) is 5.91 Å². The van der Waals surface area contributed by atoms with Crippen molar-refractivity contribution in [3.63, 3.8) is 0 Å². The van der Waals surface area contributed by atoms with Crippen LogP contribution in [0.4, 0.5) is 0 Å². The van der Waals surface area contributed by atoms with Gasteiger partial charge in [-0.1, -0.05) is 17.8 Å². The maximum absolute atomic E-state index is 11.7. The van der Waals surface area contributed by atoms with Gasteiger partial charge in [-0.25, -0.2) is 0 Å². The Labute approximate surface area is 93.4 Å². The Bertz CT molecular complexity index is 313. The van der Waals surface area contributed by atoms with E-state index in [1.165, 1.54) is 0 Å². The smallest absolute Gasteiger partial charge is 0.264 e. The summed E-state index contributed by atoms with van der Waals surface area (Å²) in [5.74, 6) is -0.0660. The minimum atomic E-state index is -0.0660. The highest BCUT2D eigenvalue weighted by molar-refractivity contribution is 7.08. The SMILES string of the molecule is CCCc1nnsc1C(=O)NCCNC. The van der Waals surface area contributed by atoms with Crippen LogP contribution in [0.1, 0.15) is 28.7 Å². The van der Waals surface area contributed by atoms with Crippen LogP contribution in [0.25, 0.3) is 0 Å². The molecule has 1 aromatic rings. The highest BCUT2D eigenvalue weighted by Crippen LogP contribution is 2.11. The van der Waals surface area contributed by atoms with Gasteiger partial charge in [-0.05, 0) is 25.0 Å². The van der Waals surface area contributed by atoms with Gasteiger partial charge in [0, 0.05) is 13.1 Å². The Morgan fingerprint density at radius 2 is 2.27 bits per heavy atom. The largest absolute Gasteiger partial charge is 0.350 e. The van der Waals surface area contributed by atoms with Gasteiger partial charge in [0.25, 0.3) is 5.91 Å². The predicted molar refractivity (Wildman–Crippen MR) is 60.2 cm³/mol. The number of hydrogen-bond acceptors (Lipinski definition) is 5. The zero-order valence-corrected chi connectivity index (χ0v) is 9.86. The molecule has 0 bridgehead atoms. The molecule has 0 unspecified atom stereocenters. The molecule has 1 rings (SSSR count). The molecule has 6 heteroatoms. The molecule has 0 atom stereocenters. The molecule has 1 heterocycles. The Balaban J connectivity index is 2.53. The van der Waals surface area contributed by atoms with Crippen molar-refractivity contribution in [3.05, 3.63) is 10.6 Å². The molecule has 5 nitrogen and oxygen atoms in total. The van der Waals surface area contributed by atoms with Gasteiger partial charge >= 0.3 is 0 Å². The van der Waals surface area contributed by atoms with Crippen molar-refractivity contribution in [1.82, 2.24) is 20.2 Å². The molecule has 0 fully saturated rings. The zero-order valence-electron chi connectivity index (χ0n) is 9.04. The number of hydrogen-bond donors (Lipinski definition) is 2. The first-order chi connectivity index (χ1) is 7.29. The normalized spacial score (nSPS) is 10.3. The standard InChI is InChI=1S/C9H16N4OS/c1-3-4-7-8(15-13-12-7)9(14)11-6-5-10-2/h10H,3-6H2,1-2H3,(H,11,14). The Hall–Kier alpha value is -1.01. The molecule has 0 aliphatic rings. The van der Waals surface area contributed by atoms with Gasteiger partial charge in [0.15, 0.2) is 0 Å². The fourth-order valence-corrected chi connectivity index (χ4v) is 1.79. The monoisotopic (exact) mass is 228 g/mol. The van der Waals surface area contributed by atoms with Crippen molar-refractivity contribution in [3.8, 4) is 0 Å². The molecule has 0 saturated heterocycles. The van der Waals surface area contributed by atoms with E-state index in [9.17, 15) is 4.79 Å². The lowest BCUT2D eigenvalue weighted by Crippen LogP contribution is -2.30. The van der Waals surface area contributed by atoms with E-state index in [0.29, 0.717) is 11.4 Å². The summed E-state index contributed by atoms with van der Waals surface area (Å²) in [5.41, 5.74) is 0.810. The fraction of sp³-hybridized carbons (Fsp3) is 0.667. The van der Waals surface area contributed by atoms with Gasteiger partial charge in [0.1, 0.15) is 4.88 Å². The number of carbonyl (C=O) groups is 1. The van der Waals surface area contributed by atoms with Crippen LogP contribution < -0.4 is 10.6 Å². The number of nitrogens with zero attached hydrogens (tertiary/aromatic N) is 2. The molecule has 1 amide bonds. The van der Waals surface area contributed by atoms with Gasteiger partial charge in [-0.2, -0.15) is 0 Å². The van der Waals surface area contributed by atoms with Crippen molar-refractivity contribution < 1.29 is 4.79 Å². The second-order valence-electron chi connectivity index (χ2n) is 3.16. The molecular weight excluding hydrogens is 212 g/mol. The van der Waals surface area contributed by atoms with E-state index >= 15 is 0 Å². The minimum absolute atomic E-state index is 0.0660. The van der Waals surface area contributed by atoms with E-state index in [2.05, 4.69) is 27.1 Å². The number of aromatic nitrogens is 2. The average Bonchev–Trinajstić information content (AvgIpc) is 2.67. The van der Waals surface area contributed by atoms with Crippen LogP contribution in [0.5, 0.6) is 0 Å². The third kappa shape index (κ3) is 3.56. The lowest BCUT2D eigenvalue weighted by Gasteiger charge is -2.03. The first kappa shape index (κ1) is 12.1. The molecule has 2 N–H and O–H groups in total. The van der Waals surface area contributed by atoms with E-state index < -0.39 is 0 Å². The van der Waals surface area contributed by atoms with Crippen molar-refractivity contribution in [2.45, 2.75) is 19.8 Å². The maximum Gasteiger partial charge on any atom is 0.264 e.